The molecule has 2 aromatic heterocycles. The van der Waals surface area contributed by atoms with Crippen molar-refractivity contribution in [3.05, 3.63) is 47.3 Å². The normalized spacial score (nSPS) is 9.85. The van der Waals surface area contributed by atoms with Crippen LogP contribution in [-0.4, -0.2) is 9.97 Å². The lowest BCUT2D eigenvalue weighted by molar-refractivity contribution is 0.498. The molecule has 0 saturated carbocycles. The maximum absolute atomic E-state index is 10.8. The minimum absolute atomic E-state index is 0.480. The molecule has 2 aromatic rings. The average Bonchev–Trinajstić information content (AvgIpc) is 2.19. The Bertz CT molecular complexity index is 450. The van der Waals surface area contributed by atoms with Crippen molar-refractivity contribution in [3.8, 4) is 11.3 Å². The topological polar surface area (TPSA) is 56.0 Å². The molecule has 0 atom stereocenters. The number of rotatable bonds is 1. The van der Waals surface area contributed by atoms with Crippen LogP contribution in [0.1, 0.15) is 0 Å². The Hall–Kier alpha value is -1.97. The second-order valence-electron chi connectivity index (χ2n) is 2.42. The number of nitrogens with zero attached hydrogens (tertiary/aromatic N) is 2. The highest BCUT2D eigenvalue weighted by molar-refractivity contribution is 5.54. The van der Waals surface area contributed by atoms with Gasteiger partial charge in [-0.15, -0.1) is 0 Å². The molecular weight excluding hydrogens is 168 g/mol. The molecule has 0 aliphatic carbocycles. The van der Waals surface area contributed by atoms with E-state index in [4.69, 9.17) is 4.42 Å². The van der Waals surface area contributed by atoms with Crippen molar-refractivity contribution in [1.82, 2.24) is 9.97 Å². The van der Waals surface area contributed by atoms with E-state index in [9.17, 15) is 4.79 Å². The smallest absolute Gasteiger partial charge is 0.408 e. The van der Waals surface area contributed by atoms with Crippen molar-refractivity contribution in [1.29, 1.82) is 0 Å². The van der Waals surface area contributed by atoms with Gasteiger partial charge in [-0.2, -0.15) is 4.98 Å². The van der Waals surface area contributed by atoms with Crippen LogP contribution in [0, 0.1) is 0 Å². The van der Waals surface area contributed by atoms with Gasteiger partial charge in [0.15, 0.2) is 0 Å². The molecule has 0 spiro atoms. The SMILES string of the molecule is O=c1nccc(-c2cccnc2)o1. The third-order valence-electron chi connectivity index (χ3n) is 1.55. The predicted octanol–water partition coefficient (Wildman–Crippen LogP) is 1.10. The van der Waals surface area contributed by atoms with E-state index in [0.717, 1.165) is 5.56 Å². The number of hydrogen-bond acceptors (Lipinski definition) is 4. The standard InChI is InChI=1S/C9H6N2O2/c12-9-11-5-3-8(13-9)7-2-1-4-10-6-7/h1-6H. The fraction of sp³-hybridized carbons (Fsp3) is 0. The summed E-state index contributed by atoms with van der Waals surface area (Å²) in [6.45, 7) is 0. The van der Waals surface area contributed by atoms with E-state index < -0.39 is 5.76 Å². The lowest BCUT2D eigenvalue weighted by atomic mass is 10.2. The van der Waals surface area contributed by atoms with Crippen molar-refractivity contribution in [2.24, 2.45) is 0 Å². The zero-order valence-electron chi connectivity index (χ0n) is 6.68. The van der Waals surface area contributed by atoms with E-state index in [1.54, 1.807) is 24.5 Å². The first-order valence-electron chi connectivity index (χ1n) is 3.73. The maximum atomic E-state index is 10.8. The van der Waals surface area contributed by atoms with Crippen LogP contribution in [-0.2, 0) is 0 Å². The molecule has 4 nitrogen and oxygen atoms in total. The summed E-state index contributed by atoms with van der Waals surface area (Å²) in [5.74, 6) is -0.116. The zero-order chi connectivity index (χ0) is 9.10. The van der Waals surface area contributed by atoms with E-state index in [-0.39, 0.29) is 0 Å². The van der Waals surface area contributed by atoms with Gasteiger partial charge in [-0.25, -0.2) is 4.79 Å². The monoisotopic (exact) mass is 174 g/mol. The van der Waals surface area contributed by atoms with Gasteiger partial charge in [0.2, 0.25) is 0 Å². The fourth-order valence-corrected chi connectivity index (χ4v) is 0.984. The van der Waals surface area contributed by atoms with E-state index >= 15 is 0 Å². The van der Waals surface area contributed by atoms with Gasteiger partial charge in [0.1, 0.15) is 5.76 Å². The van der Waals surface area contributed by atoms with Crippen LogP contribution in [0.15, 0.2) is 46.0 Å². The summed E-state index contributed by atoms with van der Waals surface area (Å²) in [5, 5.41) is 0. The molecule has 0 aliphatic rings. The molecule has 0 unspecified atom stereocenters. The van der Waals surface area contributed by atoms with Crippen LogP contribution in [0.3, 0.4) is 0 Å². The van der Waals surface area contributed by atoms with Crippen molar-refractivity contribution in [3.63, 3.8) is 0 Å². The van der Waals surface area contributed by atoms with Crippen molar-refractivity contribution in [2.75, 3.05) is 0 Å². The molecule has 0 radical (unpaired) electrons. The minimum atomic E-state index is -0.596. The molecule has 0 bridgehead atoms. The molecule has 4 heteroatoms. The first-order valence-corrected chi connectivity index (χ1v) is 3.73. The van der Waals surface area contributed by atoms with Gasteiger partial charge in [0.25, 0.3) is 0 Å². The van der Waals surface area contributed by atoms with Crippen molar-refractivity contribution in [2.45, 2.75) is 0 Å². The van der Waals surface area contributed by atoms with Gasteiger partial charge < -0.3 is 4.42 Å². The first-order chi connectivity index (χ1) is 6.36. The summed E-state index contributed by atoms with van der Waals surface area (Å²) in [5.41, 5.74) is 0.766. The lowest BCUT2D eigenvalue weighted by Gasteiger charge is -1.95. The quantitative estimate of drug-likeness (QED) is 0.649. The Balaban J connectivity index is 2.54. The number of hydrogen-bond donors (Lipinski definition) is 0. The van der Waals surface area contributed by atoms with Gasteiger partial charge in [-0.3, -0.25) is 4.98 Å². The van der Waals surface area contributed by atoms with E-state index in [2.05, 4.69) is 9.97 Å². The van der Waals surface area contributed by atoms with Crippen molar-refractivity contribution < 1.29 is 4.42 Å². The van der Waals surface area contributed by atoms with Gasteiger partial charge in [0, 0.05) is 30.2 Å². The van der Waals surface area contributed by atoms with Gasteiger partial charge in [-0.05, 0) is 12.1 Å². The Morgan fingerprint density at radius 2 is 2.15 bits per heavy atom. The summed E-state index contributed by atoms with van der Waals surface area (Å²) in [6, 6.07) is 5.21. The van der Waals surface area contributed by atoms with Crippen LogP contribution in [0.25, 0.3) is 11.3 Å². The van der Waals surface area contributed by atoms with Crippen LogP contribution in [0.5, 0.6) is 0 Å². The molecule has 2 heterocycles. The molecule has 13 heavy (non-hydrogen) atoms. The molecular formula is C9H6N2O2. The molecule has 64 valence electrons. The number of pyridine rings is 1. The average molecular weight is 174 g/mol. The molecule has 0 amide bonds. The molecule has 0 aromatic carbocycles. The van der Waals surface area contributed by atoms with Gasteiger partial charge in [0.05, 0.1) is 0 Å². The third kappa shape index (κ3) is 1.61. The summed E-state index contributed by atoms with van der Waals surface area (Å²) in [7, 11) is 0. The fourth-order valence-electron chi connectivity index (χ4n) is 0.984. The predicted molar refractivity (Wildman–Crippen MR) is 46.0 cm³/mol. The Kier molecular flexibility index (Phi) is 1.88. The van der Waals surface area contributed by atoms with E-state index in [0.29, 0.717) is 5.76 Å². The van der Waals surface area contributed by atoms with E-state index in [1.807, 2.05) is 6.07 Å². The number of aromatic nitrogens is 2. The Labute approximate surface area is 73.9 Å². The van der Waals surface area contributed by atoms with Crippen LogP contribution >= 0.6 is 0 Å². The van der Waals surface area contributed by atoms with Crippen LogP contribution in [0.4, 0.5) is 0 Å². The van der Waals surface area contributed by atoms with Crippen molar-refractivity contribution >= 4 is 0 Å². The Morgan fingerprint density at radius 3 is 2.85 bits per heavy atom. The summed E-state index contributed by atoms with van der Waals surface area (Å²) < 4.78 is 4.86. The molecule has 2 rings (SSSR count). The third-order valence-corrected chi connectivity index (χ3v) is 1.55. The molecule has 0 fully saturated rings. The summed E-state index contributed by atoms with van der Waals surface area (Å²) in [6.07, 6.45) is 4.69. The zero-order valence-corrected chi connectivity index (χ0v) is 6.68. The first kappa shape index (κ1) is 7.67. The highest BCUT2D eigenvalue weighted by Crippen LogP contribution is 2.13. The molecule has 0 N–H and O–H groups in total. The van der Waals surface area contributed by atoms with Crippen LogP contribution in [0.2, 0.25) is 0 Å². The lowest BCUT2D eigenvalue weighted by Crippen LogP contribution is -2.01. The minimum Gasteiger partial charge on any atom is -0.408 e. The summed E-state index contributed by atoms with van der Waals surface area (Å²) in [4.78, 5) is 18.1. The second-order valence-corrected chi connectivity index (χ2v) is 2.42. The maximum Gasteiger partial charge on any atom is 0.439 e. The largest absolute Gasteiger partial charge is 0.439 e. The summed E-state index contributed by atoms with van der Waals surface area (Å²) >= 11 is 0. The molecule has 0 aliphatic heterocycles. The Morgan fingerprint density at radius 1 is 1.23 bits per heavy atom. The molecule has 0 saturated heterocycles. The van der Waals surface area contributed by atoms with E-state index in [1.165, 1.54) is 6.20 Å². The van der Waals surface area contributed by atoms with Gasteiger partial charge >= 0.3 is 5.76 Å². The highest BCUT2D eigenvalue weighted by atomic mass is 16.4. The second kappa shape index (κ2) is 3.18. The highest BCUT2D eigenvalue weighted by Gasteiger charge is 1.99. The van der Waals surface area contributed by atoms with Gasteiger partial charge in [-0.1, -0.05) is 0 Å². The van der Waals surface area contributed by atoms with Crippen LogP contribution < -0.4 is 5.76 Å².